The van der Waals surface area contributed by atoms with Crippen molar-refractivity contribution in [1.29, 1.82) is 0 Å². The van der Waals surface area contributed by atoms with Crippen LogP contribution < -0.4 is 10.1 Å². The van der Waals surface area contributed by atoms with Crippen LogP contribution >= 0.6 is 23.2 Å². The maximum atomic E-state index is 12.9. The molecule has 25 heavy (non-hydrogen) atoms. The summed E-state index contributed by atoms with van der Waals surface area (Å²) in [4.78, 5) is 12.3. The topological polar surface area (TPSA) is 38.3 Å². The lowest BCUT2D eigenvalue weighted by molar-refractivity contribution is -0.137. The van der Waals surface area contributed by atoms with E-state index in [1.807, 2.05) is 0 Å². The summed E-state index contributed by atoms with van der Waals surface area (Å²) in [6, 6.07) is 9.76. The molecule has 0 aliphatic heterocycles. The van der Waals surface area contributed by atoms with Crippen molar-refractivity contribution in [3.05, 3.63) is 58.1 Å². The Hall–Kier alpha value is -1.92. The summed E-state index contributed by atoms with van der Waals surface area (Å²) in [6.45, 7) is 1.71. The van der Waals surface area contributed by atoms with Gasteiger partial charge in [-0.25, -0.2) is 0 Å². The number of amides is 1. The van der Waals surface area contributed by atoms with E-state index in [0.29, 0.717) is 17.2 Å². The van der Waals surface area contributed by atoms with E-state index < -0.39 is 28.8 Å². The summed E-state index contributed by atoms with van der Waals surface area (Å²) < 4.78 is 44.2. The van der Waals surface area contributed by atoms with Crippen molar-refractivity contribution in [2.45, 2.75) is 25.6 Å². The molecule has 3 nitrogen and oxygen atoms in total. The maximum Gasteiger partial charge on any atom is 0.417 e. The van der Waals surface area contributed by atoms with Crippen molar-refractivity contribution in [1.82, 2.24) is 0 Å². The number of halogens is 5. The third-order valence-electron chi connectivity index (χ3n) is 3.31. The number of anilines is 1. The molecule has 0 aromatic heterocycles. The van der Waals surface area contributed by atoms with Crippen molar-refractivity contribution in [3.63, 3.8) is 0 Å². The highest BCUT2D eigenvalue weighted by Crippen LogP contribution is 2.36. The zero-order chi connectivity index (χ0) is 18.6. The quantitative estimate of drug-likeness (QED) is 0.698. The summed E-state index contributed by atoms with van der Waals surface area (Å²) in [5.74, 6) is -0.267. The van der Waals surface area contributed by atoms with Crippen LogP contribution in [0.5, 0.6) is 5.75 Å². The van der Waals surface area contributed by atoms with Gasteiger partial charge in [0.25, 0.3) is 5.91 Å². The second-order valence-electron chi connectivity index (χ2n) is 5.13. The van der Waals surface area contributed by atoms with E-state index in [4.69, 9.17) is 27.9 Å². The van der Waals surface area contributed by atoms with Gasteiger partial charge in [-0.15, -0.1) is 0 Å². The summed E-state index contributed by atoms with van der Waals surface area (Å²) in [5, 5.41) is 2.30. The van der Waals surface area contributed by atoms with Gasteiger partial charge in [-0.2, -0.15) is 13.2 Å². The minimum Gasteiger partial charge on any atom is -0.479 e. The first-order chi connectivity index (χ1) is 11.7. The van der Waals surface area contributed by atoms with E-state index in [0.717, 1.165) is 12.1 Å². The zero-order valence-electron chi connectivity index (χ0n) is 13.0. The predicted molar refractivity (Wildman–Crippen MR) is 91.2 cm³/mol. The molecule has 0 saturated carbocycles. The van der Waals surface area contributed by atoms with Crippen LogP contribution in [0, 0.1) is 0 Å². The number of alkyl halides is 3. The van der Waals surface area contributed by atoms with Gasteiger partial charge in [0, 0.05) is 5.69 Å². The molecular weight excluding hydrogens is 378 g/mol. The molecule has 0 aliphatic rings. The van der Waals surface area contributed by atoms with Crippen LogP contribution in [0.2, 0.25) is 10.0 Å². The fourth-order valence-electron chi connectivity index (χ4n) is 2.06. The Morgan fingerprint density at radius 1 is 1.16 bits per heavy atom. The van der Waals surface area contributed by atoms with E-state index in [2.05, 4.69) is 5.32 Å². The summed E-state index contributed by atoms with van der Waals surface area (Å²) in [5.41, 5.74) is -1.05. The molecule has 0 heterocycles. The van der Waals surface area contributed by atoms with Gasteiger partial charge >= 0.3 is 6.18 Å². The smallest absolute Gasteiger partial charge is 0.417 e. The Balaban J connectivity index is 2.16. The number of hydrogen-bond acceptors (Lipinski definition) is 2. The third kappa shape index (κ3) is 5.03. The van der Waals surface area contributed by atoms with Crippen LogP contribution in [0.4, 0.5) is 18.9 Å². The lowest BCUT2D eigenvalue weighted by atomic mass is 10.1. The highest BCUT2D eigenvalue weighted by molar-refractivity contribution is 6.32. The third-order valence-corrected chi connectivity index (χ3v) is 3.95. The lowest BCUT2D eigenvalue weighted by Gasteiger charge is -2.18. The average Bonchev–Trinajstić information content (AvgIpc) is 2.54. The number of nitrogens with one attached hydrogen (secondary N) is 1. The summed E-state index contributed by atoms with van der Waals surface area (Å²) >= 11 is 11.5. The van der Waals surface area contributed by atoms with Crippen LogP contribution in [0.3, 0.4) is 0 Å². The van der Waals surface area contributed by atoms with Crippen LogP contribution in [-0.2, 0) is 11.0 Å². The van der Waals surface area contributed by atoms with Gasteiger partial charge in [0.2, 0.25) is 0 Å². The normalized spacial score (nSPS) is 12.6. The number of para-hydroxylation sites is 1. The standard InChI is InChI=1S/C17H14Cl2F3NO2/c1-2-14(25-15-6-4-3-5-13(15)19)16(24)23-10-7-8-12(18)11(9-10)17(20,21)22/h3-9,14H,2H2,1H3,(H,23,24)/t14-/m1/s1. The summed E-state index contributed by atoms with van der Waals surface area (Å²) in [7, 11) is 0. The first-order valence-corrected chi connectivity index (χ1v) is 8.06. The molecule has 2 aromatic carbocycles. The van der Waals surface area contributed by atoms with Crippen molar-refractivity contribution >= 4 is 34.8 Å². The molecule has 2 rings (SSSR count). The van der Waals surface area contributed by atoms with Gasteiger partial charge in [0.1, 0.15) is 5.75 Å². The van der Waals surface area contributed by atoms with E-state index in [-0.39, 0.29) is 5.69 Å². The number of rotatable bonds is 5. The molecule has 0 radical (unpaired) electrons. The number of ether oxygens (including phenoxy) is 1. The van der Waals surface area contributed by atoms with Gasteiger partial charge in [0.15, 0.2) is 6.10 Å². The Bertz CT molecular complexity index is 766. The molecule has 0 saturated heterocycles. The zero-order valence-corrected chi connectivity index (χ0v) is 14.5. The molecule has 0 spiro atoms. The number of carbonyl (C=O) groups is 1. The fraction of sp³-hybridized carbons (Fsp3) is 0.235. The van der Waals surface area contributed by atoms with E-state index >= 15 is 0 Å². The second-order valence-corrected chi connectivity index (χ2v) is 5.94. The Morgan fingerprint density at radius 2 is 1.84 bits per heavy atom. The van der Waals surface area contributed by atoms with Gasteiger partial charge in [-0.1, -0.05) is 42.3 Å². The highest BCUT2D eigenvalue weighted by atomic mass is 35.5. The SMILES string of the molecule is CC[C@@H](Oc1ccccc1Cl)C(=O)Nc1ccc(Cl)c(C(F)(F)F)c1. The van der Waals surface area contributed by atoms with Gasteiger partial charge < -0.3 is 10.1 Å². The van der Waals surface area contributed by atoms with Gasteiger partial charge in [-0.05, 0) is 36.8 Å². The van der Waals surface area contributed by atoms with Crippen LogP contribution in [0.1, 0.15) is 18.9 Å². The lowest BCUT2D eigenvalue weighted by Crippen LogP contribution is -2.32. The molecule has 1 N–H and O–H groups in total. The van der Waals surface area contributed by atoms with Gasteiger partial charge in [-0.3, -0.25) is 4.79 Å². The average molecular weight is 392 g/mol. The largest absolute Gasteiger partial charge is 0.479 e. The molecule has 8 heteroatoms. The Kier molecular flexibility index (Phi) is 6.19. The molecule has 1 atom stereocenters. The molecule has 0 aliphatic carbocycles. The number of benzene rings is 2. The highest BCUT2D eigenvalue weighted by Gasteiger charge is 2.33. The fourth-order valence-corrected chi connectivity index (χ4v) is 2.46. The monoisotopic (exact) mass is 391 g/mol. The van der Waals surface area contributed by atoms with Crippen LogP contribution in [-0.4, -0.2) is 12.0 Å². The minimum atomic E-state index is -4.62. The maximum absolute atomic E-state index is 12.9. The summed E-state index contributed by atoms with van der Waals surface area (Å²) in [6.07, 6.45) is -5.22. The first kappa shape index (κ1) is 19.4. The van der Waals surface area contributed by atoms with Crippen molar-refractivity contribution in [2.24, 2.45) is 0 Å². The number of carbonyl (C=O) groups excluding carboxylic acids is 1. The number of hydrogen-bond donors (Lipinski definition) is 1. The Labute approximate surface area is 152 Å². The molecular formula is C17H14Cl2F3NO2. The Morgan fingerprint density at radius 3 is 2.44 bits per heavy atom. The second kappa shape index (κ2) is 7.97. The van der Waals surface area contributed by atoms with Gasteiger partial charge in [0.05, 0.1) is 15.6 Å². The van der Waals surface area contributed by atoms with Crippen LogP contribution in [0.25, 0.3) is 0 Å². The molecule has 0 unspecified atom stereocenters. The molecule has 0 bridgehead atoms. The predicted octanol–water partition coefficient (Wildman–Crippen LogP) is 5.81. The van der Waals surface area contributed by atoms with Crippen LogP contribution in [0.15, 0.2) is 42.5 Å². The van der Waals surface area contributed by atoms with Crippen molar-refractivity contribution in [3.8, 4) is 5.75 Å². The first-order valence-electron chi connectivity index (χ1n) is 7.31. The molecule has 0 fully saturated rings. The van der Waals surface area contributed by atoms with Crippen molar-refractivity contribution < 1.29 is 22.7 Å². The molecule has 1 amide bonds. The van der Waals surface area contributed by atoms with E-state index in [9.17, 15) is 18.0 Å². The van der Waals surface area contributed by atoms with E-state index in [1.54, 1.807) is 31.2 Å². The van der Waals surface area contributed by atoms with Crippen molar-refractivity contribution in [2.75, 3.05) is 5.32 Å². The molecule has 134 valence electrons. The molecule has 2 aromatic rings. The van der Waals surface area contributed by atoms with E-state index in [1.165, 1.54) is 6.07 Å². The minimum absolute atomic E-state index is 0.0251.